The number of carboxylic acid groups (broad SMARTS) is 1. The second kappa shape index (κ2) is 7.90. The third-order valence-electron chi connectivity index (χ3n) is 5.09. The molecule has 0 unspecified atom stereocenters. The van der Waals surface area contributed by atoms with E-state index < -0.39 is 17.7 Å². The maximum atomic E-state index is 12.9. The first-order chi connectivity index (χ1) is 15.0. The number of benzene rings is 1. The van der Waals surface area contributed by atoms with Gasteiger partial charge in [0.25, 0.3) is 0 Å². The van der Waals surface area contributed by atoms with Gasteiger partial charge in [-0.15, -0.1) is 0 Å². The van der Waals surface area contributed by atoms with Crippen LogP contribution in [0.4, 0.5) is 13.2 Å². The first-order valence-electron chi connectivity index (χ1n) is 9.43. The molecule has 0 amide bonds. The summed E-state index contributed by atoms with van der Waals surface area (Å²) in [7, 11) is 0. The Kier molecular flexibility index (Phi) is 5.37. The lowest BCUT2D eigenvalue weighted by molar-refractivity contribution is -0.137. The van der Waals surface area contributed by atoms with Crippen LogP contribution < -0.4 is 0 Å². The summed E-state index contributed by atoms with van der Waals surface area (Å²) in [5.41, 5.74) is 2.89. The number of hydrogen-bond acceptors (Lipinski definition) is 4. The van der Waals surface area contributed by atoms with Crippen LogP contribution in [0.5, 0.6) is 0 Å². The van der Waals surface area contributed by atoms with Gasteiger partial charge in [-0.1, -0.05) is 11.6 Å². The average Bonchev–Trinajstić information content (AvgIpc) is 3.04. The Labute approximate surface area is 185 Å². The summed E-state index contributed by atoms with van der Waals surface area (Å²) in [6, 6.07) is 7.41. The zero-order chi connectivity index (χ0) is 23.2. The second-order valence-electron chi connectivity index (χ2n) is 7.29. The van der Waals surface area contributed by atoms with Gasteiger partial charge in [-0.05, 0) is 49.7 Å². The fraction of sp³-hybridized carbons (Fsp3) is 0.182. The number of imidazole rings is 1. The van der Waals surface area contributed by atoms with E-state index in [9.17, 15) is 23.1 Å². The molecule has 0 aliphatic heterocycles. The van der Waals surface area contributed by atoms with Gasteiger partial charge in [-0.25, -0.2) is 9.78 Å². The number of aryl methyl sites for hydroxylation is 2. The van der Waals surface area contributed by atoms with E-state index in [0.717, 1.165) is 17.8 Å². The van der Waals surface area contributed by atoms with Crippen LogP contribution in [0.2, 0.25) is 5.02 Å². The summed E-state index contributed by atoms with van der Waals surface area (Å²) >= 11 is 6.10. The standard InChI is InChI=1S/C22H16ClF3N4O2/c1-11-5-14(17-6-13(21(31)32)3-4-27-17)7-19-20(11)29-12(2)30(19)10-18-16(23)8-15(9-28-18)22(24,25)26/h3-9H,10H2,1-2H3,(H,31,32). The van der Waals surface area contributed by atoms with Gasteiger partial charge in [0, 0.05) is 18.0 Å². The predicted octanol–water partition coefficient (Wildman–Crippen LogP) is 5.53. The molecule has 0 aliphatic rings. The van der Waals surface area contributed by atoms with Gasteiger partial charge in [0.2, 0.25) is 0 Å². The number of nitrogens with zero attached hydrogens (tertiary/aromatic N) is 4. The number of aromatic nitrogens is 4. The SMILES string of the molecule is Cc1cc(-c2cc(C(=O)O)ccn2)cc2c1nc(C)n2Cc1ncc(C(F)(F)F)cc1Cl. The molecule has 10 heteroatoms. The Morgan fingerprint density at radius 3 is 2.56 bits per heavy atom. The van der Waals surface area contributed by atoms with Crippen LogP contribution in [0, 0.1) is 13.8 Å². The number of aromatic carboxylic acids is 1. The zero-order valence-electron chi connectivity index (χ0n) is 16.9. The third-order valence-corrected chi connectivity index (χ3v) is 5.42. The Hall–Kier alpha value is -3.46. The summed E-state index contributed by atoms with van der Waals surface area (Å²) in [5, 5.41) is 9.17. The van der Waals surface area contributed by atoms with Crippen molar-refractivity contribution in [1.29, 1.82) is 0 Å². The highest BCUT2D eigenvalue weighted by Gasteiger charge is 2.31. The van der Waals surface area contributed by atoms with Gasteiger partial charge >= 0.3 is 12.1 Å². The molecule has 3 heterocycles. The average molecular weight is 461 g/mol. The molecule has 0 saturated carbocycles. The van der Waals surface area contributed by atoms with Gasteiger partial charge in [-0.3, -0.25) is 9.97 Å². The van der Waals surface area contributed by atoms with Gasteiger partial charge in [-0.2, -0.15) is 13.2 Å². The molecule has 0 spiro atoms. The van der Waals surface area contributed by atoms with E-state index in [-0.39, 0.29) is 22.8 Å². The van der Waals surface area contributed by atoms with Crippen molar-refractivity contribution in [3.63, 3.8) is 0 Å². The van der Waals surface area contributed by atoms with E-state index in [1.807, 2.05) is 19.1 Å². The highest BCUT2D eigenvalue weighted by atomic mass is 35.5. The summed E-state index contributed by atoms with van der Waals surface area (Å²) in [5.74, 6) is -0.430. The predicted molar refractivity (Wildman–Crippen MR) is 113 cm³/mol. The van der Waals surface area contributed by atoms with Crippen LogP contribution in [0.3, 0.4) is 0 Å². The molecule has 1 N–H and O–H groups in total. The van der Waals surface area contributed by atoms with Crippen LogP contribution in [-0.2, 0) is 12.7 Å². The number of fused-ring (bicyclic) bond motifs is 1. The first-order valence-corrected chi connectivity index (χ1v) is 9.81. The van der Waals surface area contributed by atoms with E-state index in [4.69, 9.17) is 11.6 Å². The smallest absolute Gasteiger partial charge is 0.417 e. The fourth-order valence-electron chi connectivity index (χ4n) is 3.46. The van der Waals surface area contributed by atoms with Crippen molar-refractivity contribution in [2.75, 3.05) is 0 Å². The van der Waals surface area contributed by atoms with Crippen molar-refractivity contribution in [3.05, 3.63) is 76.0 Å². The maximum absolute atomic E-state index is 12.9. The molecular weight excluding hydrogens is 445 g/mol. The third kappa shape index (κ3) is 4.03. The van der Waals surface area contributed by atoms with Gasteiger partial charge in [0.15, 0.2) is 0 Å². The molecule has 4 rings (SSSR count). The second-order valence-corrected chi connectivity index (χ2v) is 7.70. The Morgan fingerprint density at radius 1 is 1.16 bits per heavy atom. The lowest BCUT2D eigenvalue weighted by atomic mass is 10.0. The van der Waals surface area contributed by atoms with Crippen LogP contribution >= 0.6 is 11.6 Å². The van der Waals surface area contributed by atoms with Crippen molar-refractivity contribution in [3.8, 4) is 11.3 Å². The lowest BCUT2D eigenvalue weighted by Crippen LogP contribution is -2.09. The number of carbonyl (C=O) groups is 1. The van der Waals surface area contributed by atoms with E-state index in [2.05, 4.69) is 15.0 Å². The molecule has 0 aliphatic carbocycles. The van der Waals surface area contributed by atoms with Crippen molar-refractivity contribution in [2.24, 2.45) is 0 Å². The van der Waals surface area contributed by atoms with Crippen molar-refractivity contribution in [2.45, 2.75) is 26.6 Å². The molecule has 0 bridgehead atoms. The molecule has 4 aromatic rings. The Morgan fingerprint density at radius 2 is 1.91 bits per heavy atom. The van der Waals surface area contributed by atoms with Crippen LogP contribution in [0.15, 0.2) is 42.7 Å². The molecule has 0 radical (unpaired) electrons. The first kappa shape index (κ1) is 21.8. The molecule has 0 saturated heterocycles. The Bertz CT molecular complexity index is 1370. The molecule has 32 heavy (non-hydrogen) atoms. The molecule has 1 aromatic carbocycles. The molecule has 6 nitrogen and oxygen atoms in total. The summed E-state index contributed by atoms with van der Waals surface area (Å²) in [6.45, 7) is 3.76. The van der Waals surface area contributed by atoms with Crippen LogP contribution in [0.25, 0.3) is 22.3 Å². The van der Waals surface area contributed by atoms with Crippen LogP contribution in [-0.4, -0.2) is 30.6 Å². The lowest BCUT2D eigenvalue weighted by Gasteiger charge is -2.12. The number of pyridine rings is 2. The highest BCUT2D eigenvalue weighted by molar-refractivity contribution is 6.31. The molecule has 0 fully saturated rings. The van der Waals surface area contributed by atoms with E-state index >= 15 is 0 Å². The molecular formula is C22H16ClF3N4O2. The summed E-state index contributed by atoms with van der Waals surface area (Å²) in [4.78, 5) is 24.1. The van der Waals surface area contributed by atoms with Gasteiger partial charge < -0.3 is 9.67 Å². The molecule has 164 valence electrons. The van der Waals surface area contributed by atoms with Crippen LogP contribution in [0.1, 0.15) is 33.0 Å². The largest absolute Gasteiger partial charge is 0.478 e. The number of hydrogen-bond donors (Lipinski definition) is 1. The highest BCUT2D eigenvalue weighted by Crippen LogP contribution is 2.32. The molecule has 3 aromatic heterocycles. The monoisotopic (exact) mass is 460 g/mol. The summed E-state index contributed by atoms with van der Waals surface area (Å²) in [6.07, 6.45) is -2.35. The number of carboxylic acids is 1. The fourth-order valence-corrected chi connectivity index (χ4v) is 3.69. The zero-order valence-corrected chi connectivity index (χ0v) is 17.7. The minimum atomic E-state index is -4.53. The van der Waals surface area contributed by atoms with Crippen molar-refractivity contribution >= 4 is 28.6 Å². The van der Waals surface area contributed by atoms with E-state index in [1.165, 1.54) is 18.3 Å². The minimum Gasteiger partial charge on any atom is -0.478 e. The normalized spacial score (nSPS) is 11.8. The topological polar surface area (TPSA) is 80.9 Å². The quantitative estimate of drug-likeness (QED) is 0.433. The minimum absolute atomic E-state index is 0.0928. The van der Waals surface area contributed by atoms with Gasteiger partial charge in [0.1, 0.15) is 5.82 Å². The van der Waals surface area contributed by atoms with E-state index in [0.29, 0.717) is 28.1 Å². The van der Waals surface area contributed by atoms with Gasteiger partial charge in [0.05, 0.1) is 45.1 Å². The maximum Gasteiger partial charge on any atom is 0.417 e. The number of alkyl halides is 3. The van der Waals surface area contributed by atoms with E-state index in [1.54, 1.807) is 11.5 Å². The Balaban J connectivity index is 1.80. The summed E-state index contributed by atoms with van der Waals surface area (Å²) < 4.78 is 40.6. The number of rotatable bonds is 4. The van der Waals surface area contributed by atoms with Crippen molar-refractivity contribution < 1.29 is 23.1 Å². The van der Waals surface area contributed by atoms with Crippen molar-refractivity contribution in [1.82, 2.24) is 19.5 Å². The molecule has 0 atom stereocenters. The number of halogens is 4.